The van der Waals surface area contributed by atoms with Gasteiger partial charge in [0.2, 0.25) is 0 Å². The fourth-order valence-electron chi connectivity index (χ4n) is 4.41. The number of aryl methyl sites for hydroxylation is 1. The summed E-state index contributed by atoms with van der Waals surface area (Å²) in [5, 5.41) is 0.452. The van der Waals surface area contributed by atoms with Gasteiger partial charge in [0.05, 0.1) is 29.5 Å². The summed E-state index contributed by atoms with van der Waals surface area (Å²) in [5.41, 5.74) is 4.10. The van der Waals surface area contributed by atoms with Crippen molar-refractivity contribution in [1.29, 1.82) is 0 Å². The fourth-order valence-corrected chi connectivity index (χ4v) is 4.41. The van der Waals surface area contributed by atoms with Gasteiger partial charge in [-0.2, -0.15) is 0 Å². The Hall–Kier alpha value is -4.07. The van der Waals surface area contributed by atoms with Gasteiger partial charge in [-0.3, -0.25) is 13.9 Å². The molecule has 2 aromatic carbocycles. The average molecular weight is 484 g/mol. The molecule has 8 nitrogen and oxygen atoms in total. The number of carbonyl (C=O) groups is 1. The molecule has 184 valence electrons. The first-order valence-electron chi connectivity index (χ1n) is 12.6. The lowest BCUT2D eigenvalue weighted by Gasteiger charge is -2.09. The van der Waals surface area contributed by atoms with E-state index in [4.69, 9.17) is 19.7 Å². The second-order valence-electron chi connectivity index (χ2n) is 8.91. The Kier molecular flexibility index (Phi) is 6.75. The zero-order chi connectivity index (χ0) is 25.1. The lowest BCUT2D eigenvalue weighted by atomic mass is 10.2. The summed E-state index contributed by atoms with van der Waals surface area (Å²) < 4.78 is 8.76. The average Bonchev–Trinajstić information content (AvgIpc) is 3.23. The van der Waals surface area contributed by atoms with Crippen LogP contribution < -0.4 is 5.56 Å². The molecule has 3 aromatic heterocycles. The van der Waals surface area contributed by atoms with Crippen molar-refractivity contribution in [1.82, 2.24) is 24.1 Å². The van der Waals surface area contributed by atoms with E-state index in [0.29, 0.717) is 40.9 Å². The maximum atomic E-state index is 13.6. The topological polar surface area (TPSA) is 91.9 Å². The molecule has 8 heteroatoms. The molecule has 0 atom stereocenters. The number of hydrogen-bond donors (Lipinski definition) is 0. The van der Waals surface area contributed by atoms with Crippen molar-refractivity contribution in [3.63, 3.8) is 0 Å². The minimum absolute atomic E-state index is 0.121. The van der Waals surface area contributed by atoms with Gasteiger partial charge >= 0.3 is 5.97 Å². The summed E-state index contributed by atoms with van der Waals surface area (Å²) in [6, 6.07) is 14.7. The van der Waals surface area contributed by atoms with Crippen LogP contribution in [0.5, 0.6) is 0 Å². The predicted octanol–water partition coefficient (Wildman–Crippen LogP) is 5.43. The zero-order valence-electron chi connectivity index (χ0n) is 20.6. The number of benzene rings is 2. The lowest BCUT2D eigenvalue weighted by Crippen LogP contribution is -2.20. The Balaban J connectivity index is 1.68. The molecule has 0 amide bonds. The number of unbranched alkanes of at least 4 members (excludes halogenated alkanes) is 3. The molecule has 0 saturated carbocycles. The van der Waals surface area contributed by atoms with E-state index in [1.165, 1.54) is 0 Å². The number of fused-ring (bicyclic) bond motifs is 4. The highest BCUT2D eigenvalue weighted by Gasteiger charge is 2.21. The molecule has 0 spiro atoms. The van der Waals surface area contributed by atoms with Gasteiger partial charge in [0.15, 0.2) is 11.3 Å². The molecule has 0 saturated heterocycles. The number of carbonyl (C=O) groups excluding carboxylic acids is 1. The Morgan fingerprint density at radius 2 is 1.64 bits per heavy atom. The van der Waals surface area contributed by atoms with Crippen LogP contribution >= 0.6 is 0 Å². The summed E-state index contributed by atoms with van der Waals surface area (Å²) >= 11 is 0. The molecule has 0 aliphatic heterocycles. The molecule has 0 aliphatic carbocycles. The third-order valence-corrected chi connectivity index (χ3v) is 6.28. The normalized spacial score (nSPS) is 11.5. The third-order valence-electron chi connectivity index (χ3n) is 6.28. The molecule has 5 rings (SSSR count). The Bertz CT molecular complexity index is 1600. The van der Waals surface area contributed by atoms with E-state index < -0.39 is 0 Å². The van der Waals surface area contributed by atoms with Crippen LogP contribution in [0.15, 0.2) is 59.7 Å². The fraction of sp³-hybridized carbons (Fsp3) is 0.321. The van der Waals surface area contributed by atoms with Crippen LogP contribution in [0, 0.1) is 0 Å². The van der Waals surface area contributed by atoms with Gasteiger partial charge < -0.3 is 4.74 Å². The molecular formula is C28H29N5O3. The Morgan fingerprint density at radius 1 is 0.889 bits per heavy atom. The van der Waals surface area contributed by atoms with E-state index in [9.17, 15) is 9.59 Å². The maximum Gasteiger partial charge on any atom is 0.338 e. The van der Waals surface area contributed by atoms with Gasteiger partial charge in [0, 0.05) is 12.2 Å². The second-order valence-corrected chi connectivity index (χ2v) is 8.91. The van der Waals surface area contributed by atoms with Crippen LogP contribution in [0.1, 0.15) is 56.3 Å². The van der Waals surface area contributed by atoms with Crippen molar-refractivity contribution in [2.24, 2.45) is 0 Å². The first kappa shape index (κ1) is 23.7. The molecule has 5 aromatic rings. The van der Waals surface area contributed by atoms with E-state index in [-0.39, 0.29) is 11.5 Å². The van der Waals surface area contributed by atoms with Crippen molar-refractivity contribution < 1.29 is 9.53 Å². The van der Waals surface area contributed by atoms with E-state index in [0.717, 1.165) is 48.8 Å². The molecule has 3 heterocycles. The van der Waals surface area contributed by atoms with Gasteiger partial charge in [-0.25, -0.2) is 19.7 Å². The van der Waals surface area contributed by atoms with E-state index in [1.807, 2.05) is 47.9 Å². The van der Waals surface area contributed by atoms with E-state index in [2.05, 4.69) is 6.92 Å². The minimum Gasteiger partial charge on any atom is -0.462 e. The Morgan fingerprint density at radius 3 is 2.36 bits per heavy atom. The van der Waals surface area contributed by atoms with Crippen molar-refractivity contribution in [3.05, 3.63) is 70.8 Å². The van der Waals surface area contributed by atoms with E-state index in [1.54, 1.807) is 23.0 Å². The standard InChI is InChI=1S/C28H29N5O3/c1-3-5-6-9-16-32-18-29-25-23(27(32)34)24-26(31-22-11-8-7-10-21(22)30-24)33(25)20-14-12-19(13-15-20)28(35)36-17-4-2/h7-8,10-15,18H,3-6,9,16-17H2,1-2H3. The molecule has 0 fully saturated rings. The second kappa shape index (κ2) is 10.3. The van der Waals surface area contributed by atoms with Crippen LogP contribution in [0.3, 0.4) is 0 Å². The summed E-state index contributed by atoms with van der Waals surface area (Å²) in [6.45, 7) is 5.11. The number of ether oxygens (including phenoxy) is 1. The molecule has 0 bridgehead atoms. The number of rotatable bonds is 9. The smallest absolute Gasteiger partial charge is 0.338 e. The third kappa shape index (κ3) is 4.34. The molecule has 36 heavy (non-hydrogen) atoms. The predicted molar refractivity (Wildman–Crippen MR) is 141 cm³/mol. The number of hydrogen-bond acceptors (Lipinski definition) is 6. The number of nitrogens with zero attached hydrogens (tertiary/aromatic N) is 5. The van der Waals surface area contributed by atoms with Crippen molar-refractivity contribution in [2.45, 2.75) is 52.5 Å². The first-order chi connectivity index (χ1) is 17.6. The van der Waals surface area contributed by atoms with Gasteiger partial charge in [0.25, 0.3) is 5.56 Å². The van der Waals surface area contributed by atoms with Crippen LogP contribution in [0.2, 0.25) is 0 Å². The van der Waals surface area contributed by atoms with Gasteiger partial charge in [-0.15, -0.1) is 0 Å². The van der Waals surface area contributed by atoms with Crippen LogP contribution in [-0.4, -0.2) is 36.7 Å². The molecule has 0 N–H and O–H groups in total. The number of esters is 1. The van der Waals surface area contributed by atoms with Crippen molar-refractivity contribution >= 4 is 39.2 Å². The quantitative estimate of drug-likeness (QED) is 0.205. The summed E-state index contributed by atoms with van der Waals surface area (Å²) in [4.78, 5) is 40.3. The highest BCUT2D eigenvalue weighted by atomic mass is 16.5. The minimum atomic E-state index is -0.361. The monoisotopic (exact) mass is 483 g/mol. The molecule has 0 radical (unpaired) electrons. The molecular weight excluding hydrogens is 454 g/mol. The number of para-hydroxylation sites is 2. The molecule has 0 unspecified atom stereocenters. The number of aromatic nitrogens is 5. The van der Waals surface area contributed by atoms with Gasteiger partial charge in [-0.1, -0.05) is 45.2 Å². The zero-order valence-corrected chi connectivity index (χ0v) is 20.6. The summed E-state index contributed by atoms with van der Waals surface area (Å²) in [5.74, 6) is -0.361. The van der Waals surface area contributed by atoms with Gasteiger partial charge in [-0.05, 0) is 49.2 Å². The molecule has 0 aliphatic rings. The summed E-state index contributed by atoms with van der Waals surface area (Å²) in [7, 11) is 0. The highest BCUT2D eigenvalue weighted by molar-refractivity contribution is 6.05. The Labute approximate surface area is 208 Å². The lowest BCUT2D eigenvalue weighted by molar-refractivity contribution is 0.0505. The maximum absolute atomic E-state index is 13.6. The van der Waals surface area contributed by atoms with E-state index >= 15 is 0 Å². The summed E-state index contributed by atoms with van der Waals surface area (Å²) in [6.07, 6.45) is 6.65. The van der Waals surface area contributed by atoms with Crippen LogP contribution in [0.4, 0.5) is 0 Å². The van der Waals surface area contributed by atoms with Crippen LogP contribution in [0.25, 0.3) is 38.9 Å². The van der Waals surface area contributed by atoms with Crippen molar-refractivity contribution in [3.8, 4) is 5.69 Å². The SMILES string of the molecule is CCCCCCn1cnc2c(c1=O)c1nc3ccccc3nc1n2-c1ccc(C(=O)OCCC)cc1. The largest absolute Gasteiger partial charge is 0.462 e. The van der Waals surface area contributed by atoms with Crippen molar-refractivity contribution in [2.75, 3.05) is 6.61 Å². The highest BCUT2D eigenvalue weighted by Crippen LogP contribution is 2.28. The first-order valence-corrected chi connectivity index (χ1v) is 12.6. The van der Waals surface area contributed by atoms with Gasteiger partial charge in [0.1, 0.15) is 10.9 Å². The van der Waals surface area contributed by atoms with Crippen LogP contribution in [-0.2, 0) is 11.3 Å².